The Morgan fingerprint density at radius 2 is 2.10 bits per heavy atom. The van der Waals surface area contributed by atoms with Crippen molar-refractivity contribution in [2.75, 3.05) is 6.61 Å². The fourth-order valence-electron chi connectivity index (χ4n) is 2.57. The van der Waals surface area contributed by atoms with Gasteiger partial charge < -0.3 is 10.1 Å². The highest BCUT2D eigenvalue weighted by atomic mass is 19.1. The normalized spacial score (nSPS) is 16.7. The Kier molecular flexibility index (Phi) is 3.86. The molecule has 1 atom stereocenters. The van der Waals surface area contributed by atoms with Crippen molar-refractivity contribution >= 4 is 5.91 Å². The summed E-state index contributed by atoms with van der Waals surface area (Å²) in [6.07, 6.45) is 0.920. The maximum absolute atomic E-state index is 13.1. The summed E-state index contributed by atoms with van der Waals surface area (Å²) in [6.45, 7) is 0.585. The number of carbonyl (C=O) groups excluding carboxylic acids is 1. The summed E-state index contributed by atoms with van der Waals surface area (Å²) in [7, 11) is 0. The molecule has 0 spiro atoms. The predicted octanol–water partition coefficient (Wildman–Crippen LogP) is 3.01. The van der Waals surface area contributed by atoms with Gasteiger partial charge in [-0.2, -0.15) is 0 Å². The SMILES string of the molecule is O=C(Cc1cccc(F)c1)NC1CCOc2ccccc21. The van der Waals surface area contributed by atoms with E-state index in [-0.39, 0.29) is 24.2 Å². The van der Waals surface area contributed by atoms with E-state index < -0.39 is 0 Å². The van der Waals surface area contributed by atoms with E-state index in [1.54, 1.807) is 12.1 Å². The van der Waals surface area contributed by atoms with Gasteiger partial charge in [-0.15, -0.1) is 0 Å². The second-order valence-corrected chi connectivity index (χ2v) is 5.10. The monoisotopic (exact) mass is 285 g/mol. The minimum Gasteiger partial charge on any atom is -0.493 e. The number of fused-ring (bicyclic) bond motifs is 1. The fraction of sp³-hybridized carbons (Fsp3) is 0.235. The summed E-state index contributed by atoms with van der Waals surface area (Å²) in [6, 6.07) is 13.8. The van der Waals surface area contributed by atoms with Crippen LogP contribution in [0.1, 0.15) is 23.6 Å². The molecule has 21 heavy (non-hydrogen) atoms. The summed E-state index contributed by atoms with van der Waals surface area (Å²) < 4.78 is 18.7. The molecule has 4 heteroatoms. The van der Waals surface area contributed by atoms with Crippen LogP contribution in [-0.4, -0.2) is 12.5 Å². The van der Waals surface area contributed by atoms with Gasteiger partial charge in [-0.05, 0) is 23.8 Å². The lowest BCUT2D eigenvalue weighted by Gasteiger charge is -2.26. The third-order valence-corrected chi connectivity index (χ3v) is 3.55. The van der Waals surface area contributed by atoms with Crippen LogP contribution in [0.4, 0.5) is 4.39 Å². The van der Waals surface area contributed by atoms with Crippen LogP contribution in [0.5, 0.6) is 5.75 Å². The number of benzene rings is 2. The number of hydrogen-bond donors (Lipinski definition) is 1. The molecular formula is C17H16FNO2. The molecule has 3 rings (SSSR count). The zero-order valence-corrected chi connectivity index (χ0v) is 11.5. The lowest BCUT2D eigenvalue weighted by molar-refractivity contribution is -0.121. The van der Waals surface area contributed by atoms with E-state index in [0.29, 0.717) is 12.2 Å². The molecule has 0 saturated carbocycles. The topological polar surface area (TPSA) is 38.3 Å². The number of hydrogen-bond acceptors (Lipinski definition) is 2. The summed E-state index contributed by atoms with van der Waals surface area (Å²) in [5.74, 6) is 0.388. The van der Waals surface area contributed by atoms with E-state index in [9.17, 15) is 9.18 Å². The van der Waals surface area contributed by atoms with Gasteiger partial charge in [-0.1, -0.05) is 30.3 Å². The van der Waals surface area contributed by atoms with Gasteiger partial charge in [-0.3, -0.25) is 4.79 Å². The molecular weight excluding hydrogens is 269 g/mol. The Morgan fingerprint density at radius 1 is 1.24 bits per heavy atom. The lowest BCUT2D eigenvalue weighted by Crippen LogP contribution is -2.33. The van der Waals surface area contributed by atoms with Crippen LogP contribution >= 0.6 is 0 Å². The third-order valence-electron chi connectivity index (χ3n) is 3.55. The molecule has 108 valence electrons. The molecule has 1 N–H and O–H groups in total. The number of nitrogens with one attached hydrogen (secondary N) is 1. The second-order valence-electron chi connectivity index (χ2n) is 5.10. The first-order valence-electron chi connectivity index (χ1n) is 6.98. The largest absolute Gasteiger partial charge is 0.493 e. The molecule has 1 aliphatic rings. The molecule has 0 bridgehead atoms. The van der Waals surface area contributed by atoms with E-state index in [0.717, 1.165) is 17.7 Å². The molecule has 0 aliphatic carbocycles. The first kappa shape index (κ1) is 13.6. The first-order valence-corrected chi connectivity index (χ1v) is 6.98. The standard InChI is InChI=1S/C17H16FNO2/c18-13-5-3-4-12(10-13)11-17(20)19-15-8-9-21-16-7-2-1-6-14(15)16/h1-7,10,15H,8-9,11H2,(H,19,20). The van der Waals surface area contributed by atoms with Gasteiger partial charge in [-0.25, -0.2) is 4.39 Å². The van der Waals surface area contributed by atoms with Crippen molar-refractivity contribution in [3.05, 3.63) is 65.5 Å². The van der Waals surface area contributed by atoms with Crippen LogP contribution in [0.15, 0.2) is 48.5 Å². The van der Waals surface area contributed by atoms with Crippen molar-refractivity contribution in [2.24, 2.45) is 0 Å². The molecule has 3 nitrogen and oxygen atoms in total. The first-order chi connectivity index (χ1) is 10.2. The highest BCUT2D eigenvalue weighted by Crippen LogP contribution is 2.31. The Hall–Kier alpha value is -2.36. The average molecular weight is 285 g/mol. The number of rotatable bonds is 3. The molecule has 1 amide bonds. The smallest absolute Gasteiger partial charge is 0.224 e. The van der Waals surface area contributed by atoms with Crippen molar-refractivity contribution in [3.8, 4) is 5.75 Å². The third kappa shape index (κ3) is 3.21. The zero-order chi connectivity index (χ0) is 14.7. The van der Waals surface area contributed by atoms with Gasteiger partial charge in [0.15, 0.2) is 0 Å². The highest BCUT2D eigenvalue weighted by Gasteiger charge is 2.22. The van der Waals surface area contributed by atoms with Gasteiger partial charge in [0, 0.05) is 12.0 Å². The van der Waals surface area contributed by atoms with Crippen molar-refractivity contribution in [3.63, 3.8) is 0 Å². The number of ether oxygens (including phenoxy) is 1. The summed E-state index contributed by atoms with van der Waals surface area (Å²) in [5, 5.41) is 3.00. The van der Waals surface area contributed by atoms with Crippen LogP contribution in [0.2, 0.25) is 0 Å². The lowest BCUT2D eigenvalue weighted by atomic mass is 10.00. The fourth-order valence-corrected chi connectivity index (χ4v) is 2.57. The number of carbonyl (C=O) groups is 1. The molecule has 0 saturated heterocycles. The maximum Gasteiger partial charge on any atom is 0.224 e. The molecule has 2 aromatic rings. The summed E-state index contributed by atoms with van der Waals surface area (Å²) >= 11 is 0. The van der Waals surface area contributed by atoms with Crippen molar-refractivity contribution in [2.45, 2.75) is 18.9 Å². The number of halogens is 1. The van der Waals surface area contributed by atoms with Gasteiger partial charge in [0.05, 0.1) is 19.1 Å². The Labute approximate surface area is 122 Å². The molecule has 0 radical (unpaired) electrons. The van der Waals surface area contributed by atoms with E-state index in [2.05, 4.69) is 5.32 Å². The molecule has 0 aromatic heterocycles. The quantitative estimate of drug-likeness (QED) is 0.941. The number of amides is 1. The minimum absolute atomic E-state index is 0.0454. The maximum atomic E-state index is 13.1. The van der Waals surface area contributed by atoms with E-state index in [1.807, 2.05) is 24.3 Å². The Balaban J connectivity index is 1.68. The van der Waals surface area contributed by atoms with Crippen LogP contribution in [-0.2, 0) is 11.2 Å². The molecule has 1 heterocycles. The van der Waals surface area contributed by atoms with Crippen LogP contribution in [0.25, 0.3) is 0 Å². The molecule has 1 unspecified atom stereocenters. The van der Waals surface area contributed by atoms with Crippen LogP contribution in [0, 0.1) is 5.82 Å². The van der Waals surface area contributed by atoms with Gasteiger partial charge in [0.1, 0.15) is 11.6 Å². The summed E-state index contributed by atoms with van der Waals surface area (Å²) in [5.41, 5.74) is 1.67. The zero-order valence-electron chi connectivity index (χ0n) is 11.5. The average Bonchev–Trinajstić information content (AvgIpc) is 2.47. The van der Waals surface area contributed by atoms with Gasteiger partial charge in [0.2, 0.25) is 5.91 Å². The Bertz CT molecular complexity index is 657. The number of para-hydroxylation sites is 1. The van der Waals surface area contributed by atoms with Gasteiger partial charge >= 0.3 is 0 Å². The van der Waals surface area contributed by atoms with Crippen LogP contribution < -0.4 is 10.1 Å². The molecule has 0 fully saturated rings. The van der Waals surface area contributed by atoms with Gasteiger partial charge in [0.25, 0.3) is 0 Å². The molecule has 1 aliphatic heterocycles. The molecule has 2 aromatic carbocycles. The minimum atomic E-state index is -0.322. The van der Waals surface area contributed by atoms with Crippen molar-refractivity contribution < 1.29 is 13.9 Å². The van der Waals surface area contributed by atoms with E-state index in [1.165, 1.54) is 12.1 Å². The highest BCUT2D eigenvalue weighted by molar-refractivity contribution is 5.79. The van der Waals surface area contributed by atoms with Crippen molar-refractivity contribution in [1.82, 2.24) is 5.32 Å². The summed E-state index contributed by atoms with van der Waals surface area (Å²) in [4.78, 5) is 12.1. The Morgan fingerprint density at radius 3 is 2.95 bits per heavy atom. The van der Waals surface area contributed by atoms with Crippen molar-refractivity contribution in [1.29, 1.82) is 0 Å². The van der Waals surface area contributed by atoms with E-state index in [4.69, 9.17) is 4.74 Å². The predicted molar refractivity (Wildman–Crippen MR) is 77.5 cm³/mol. The van der Waals surface area contributed by atoms with E-state index >= 15 is 0 Å². The second kappa shape index (κ2) is 5.95. The van der Waals surface area contributed by atoms with Crippen LogP contribution in [0.3, 0.4) is 0 Å².